The fraction of sp³-hybridized carbons (Fsp3) is 0.857. The summed E-state index contributed by atoms with van der Waals surface area (Å²) in [7, 11) is 0. The summed E-state index contributed by atoms with van der Waals surface area (Å²) in [4.78, 5) is 11.8. The lowest BCUT2D eigenvalue weighted by Crippen LogP contribution is -2.47. The molecule has 1 aliphatic rings. The van der Waals surface area contributed by atoms with Crippen molar-refractivity contribution in [2.75, 3.05) is 6.54 Å². The van der Waals surface area contributed by atoms with E-state index in [1.807, 2.05) is 0 Å². The average molecular weight is 295 g/mol. The smallest absolute Gasteiger partial charge is 0.241 e. The maximum absolute atomic E-state index is 11.8. The normalized spacial score (nSPS) is 26.6. The number of amides is 1. The van der Waals surface area contributed by atoms with Gasteiger partial charge in [-0.05, 0) is 47.4 Å². The van der Waals surface area contributed by atoms with Gasteiger partial charge in [-0.1, -0.05) is 20.8 Å². The van der Waals surface area contributed by atoms with Crippen LogP contribution in [0.4, 0.5) is 0 Å². The third-order valence-corrected chi connectivity index (χ3v) is 4.45. The number of hydrogen-bond acceptors (Lipinski definition) is 5. The topological polar surface area (TPSA) is 92.9 Å². The van der Waals surface area contributed by atoms with Crippen molar-refractivity contribution < 1.29 is 9.90 Å². The molecular weight excluding hydrogens is 270 g/mol. The van der Waals surface area contributed by atoms with Crippen molar-refractivity contribution >= 4 is 5.91 Å². The first-order valence-corrected chi connectivity index (χ1v) is 7.48. The van der Waals surface area contributed by atoms with Gasteiger partial charge >= 0.3 is 0 Å². The highest BCUT2D eigenvalue weighted by Crippen LogP contribution is 2.41. The molecule has 1 amide bonds. The minimum Gasteiger partial charge on any atom is -0.388 e. The summed E-state index contributed by atoms with van der Waals surface area (Å²) in [6.45, 7) is 7.11. The molecular formula is C14H25N5O2. The maximum Gasteiger partial charge on any atom is 0.241 e. The first-order chi connectivity index (χ1) is 9.78. The summed E-state index contributed by atoms with van der Waals surface area (Å²) >= 11 is 0. The first kappa shape index (κ1) is 15.9. The van der Waals surface area contributed by atoms with Crippen molar-refractivity contribution in [2.24, 2.45) is 11.3 Å². The van der Waals surface area contributed by atoms with E-state index in [2.05, 4.69) is 41.6 Å². The Balaban J connectivity index is 1.77. The number of carbonyl (C=O) groups excluding carboxylic acids is 1. The summed E-state index contributed by atoms with van der Waals surface area (Å²) in [5.74, 6) is 0.448. The molecule has 21 heavy (non-hydrogen) atoms. The minimum absolute atomic E-state index is 0.0771. The largest absolute Gasteiger partial charge is 0.388 e. The molecule has 1 aromatic rings. The molecule has 1 aromatic heterocycles. The van der Waals surface area contributed by atoms with Gasteiger partial charge in [0.25, 0.3) is 0 Å². The Bertz CT molecular complexity index is 458. The summed E-state index contributed by atoms with van der Waals surface area (Å²) in [6.07, 6.45) is 4.87. The van der Waals surface area contributed by atoms with E-state index in [1.165, 1.54) is 11.0 Å². The fourth-order valence-corrected chi connectivity index (χ4v) is 2.92. The Kier molecular flexibility index (Phi) is 4.61. The monoisotopic (exact) mass is 295 g/mol. The second-order valence-corrected chi connectivity index (χ2v) is 7.15. The average Bonchev–Trinajstić information content (AvgIpc) is 2.89. The van der Waals surface area contributed by atoms with Crippen molar-refractivity contribution in [1.29, 1.82) is 0 Å². The number of aromatic nitrogens is 4. The van der Waals surface area contributed by atoms with Crippen LogP contribution in [0.25, 0.3) is 0 Å². The molecule has 1 fully saturated rings. The fourth-order valence-electron chi connectivity index (χ4n) is 2.92. The number of carbonyl (C=O) groups is 1. The molecule has 7 nitrogen and oxygen atoms in total. The van der Waals surface area contributed by atoms with Crippen LogP contribution in [0.3, 0.4) is 0 Å². The number of tetrazole rings is 1. The van der Waals surface area contributed by atoms with E-state index in [0.717, 1.165) is 25.7 Å². The Morgan fingerprint density at radius 2 is 2.10 bits per heavy atom. The Morgan fingerprint density at radius 3 is 2.62 bits per heavy atom. The molecule has 1 aliphatic carbocycles. The molecule has 0 spiro atoms. The molecule has 0 aromatic carbocycles. The molecule has 1 heterocycles. The summed E-state index contributed by atoms with van der Waals surface area (Å²) in [5, 5.41) is 23.9. The van der Waals surface area contributed by atoms with Crippen LogP contribution in [0.15, 0.2) is 6.33 Å². The van der Waals surface area contributed by atoms with Crippen LogP contribution in [0, 0.1) is 11.3 Å². The summed E-state index contributed by atoms with van der Waals surface area (Å²) in [6, 6.07) is 0. The van der Waals surface area contributed by atoms with Gasteiger partial charge in [0.1, 0.15) is 12.9 Å². The van der Waals surface area contributed by atoms with E-state index in [4.69, 9.17) is 0 Å². The standard InChI is InChI=1S/C14H25N5O2/c1-13(2,3)11-4-6-14(21,7-5-11)9-15-12(20)8-19-10-16-17-18-19/h10-11,21H,4-9H2,1-3H3,(H,15,20). The molecule has 2 N–H and O–H groups in total. The lowest BCUT2D eigenvalue weighted by Gasteiger charge is -2.41. The Labute approximate surface area is 125 Å². The quantitative estimate of drug-likeness (QED) is 0.855. The molecule has 0 saturated heterocycles. The molecule has 118 valence electrons. The van der Waals surface area contributed by atoms with Crippen molar-refractivity contribution in [3.8, 4) is 0 Å². The van der Waals surface area contributed by atoms with E-state index in [0.29, 0.717) is 12.5 Å². The lowest BCUT2D eigenvalue weighted by atomic mass is 9.68. The third-order valence-electron chi connectivity index (χ3n) is 4.45. The van der Waals surface area contributed by atoms with Crippen LogP contribution in [0.1, 0.15) is 46.5 Å². The van der Waals surface area contributed by atoms with E-state index in [1.54, 1.807) is 0 Å². The zero-order chi connectivity index (χ0) is 15.5. The number of nitrogens with zero attached hydrogens (tertiary/aromatic N) is 4. The molecule has 2 rings (SSSR count). The van der Waals surface area contributed by atoms with E-state index < -0.39 is 5.60 Å². The molecule has 0 unspecified atom stereocenters. The van der Waals surface area contributed by atoms with E-state index in [9.17, 15) is 9.90 Å². The predicted molar refractivity (Wildman–Crippen MR) is 77.2 cm³/mol. The maximum atomic E-state index is 11.8. The highest BCUT2D eigenvalue weighted by molar-refractivity contribution is 5.75. The van der Waals surface area contributed by atoms with Crippen molar-refractivity contribution in [1.82, 2.24) is 25.5 Å². The summed E-state index contributed by atoms with van der Waals surface area (Å²) < 4.78 is 1.36. The number of aliphatic hydroxyl groups is 1. The van der Waals surface area contributed by atoms with Crippen molar-refractivity contribution in [2.45, 2.75) is 58.6 Å². The Morgan fingerprint density at radius 1 is 1.43 bits per heavy atom. The van der Waals surface area contributed by atoms with Crippen LogP contribution in [0.5, 0.6) is 0 Å². The SMILES string of the molecule is CC(C)(C)C1CCC(O)(CNC(=O)Cn2cnnn2)CC1. The number of hydrogen-bond donors (Lipinski definition) is 2. The predicted octanol–water partition coefficient (Wildman–Crippen LogP) is 0.757. The van der Waals surface area contributed by atoms with Crippen LogP contribution in [-0.2, 0) is 11.3 Å². The van der Waals surface area contributed by atoms with Crippen molar-refractivity contribution in [3.05, 3.63) is 6.33 Å². The lowest BCUT2D eigenvalue weighted by molar-refractivity contribution is -0.123. The molecule has 1 saturated carbocycles. The zero-order valence-corrected chi connectivity index (χ0v) is 13.0. The molecule has 0 aliphatic heterocycles. The second-order valence-electron chi connectivity index (χ2n) is 7.15. The van der Waals surface area contributed by atoms with Crippen LogP contribution >= 0.6 is 0 Å². The third kappa shape index (κ3) is 4.49. The van der Waals surface area contributed by atoms with Gasteiger partial charge in [-0.25, -0.2) is 4.68 Å². The van der Waals surface area contributed by atoms with Crippen molar-refractivity contribution in [3.63, 3.8) is 0 Å². The van der Waals surface area contributed by atoms with E-state index >= 15 is 0 Å². The first-order valence-electron chi connectivity index (χ1n) is 7.48. The molecule has 0 radical (unpaired) electrons. The molecule has 0 atom stereocenters. The van der Waals surface area contributed by atoms with Gasteiger partial charge in [0.15, 0.2) is 0 Å². The summed E-state index contributed by atoms with van der Waals surface area (Å²) in [5.41, 5.74) is -0.497. The highest BCUT2D eigenvalue weighted by Gasteiger charge is 2.37. The molecule has 0 bridgehead atoms. The van der Waals surface area contributed by atoms with Crippen LogP contribution < -0.4 is 5.32 Å². The Hall–Kier alpha value is -1.50. The second kappa shape index (κ2) is 6.09. The van der Waals surface area contributed by atoms with Gasteiger partial charge in [0, 0.05) is 6.54 Å². The van der Waals surface area contributed by atoms with Gasteiger partial charge in [0.2, 0.25) is 5.91 Å². The van der Waals surface area contributed by atoms with Gasteiger partial charge < -0.3 is 10.4 Å². The highest BCUT2D eigenvalue weighted by atomic mass is 16.3. The van der Waals surface area contributed by atoms with Gasteiger partial charge in [0.05, 0.1) is 5.60 Å². The van der Waals surface area contributed by atoms with Crippen LogP contribution in [-0.4, -0.2) is 43.4 Å². The van der Waals surface area contributed by atoms with E-state index in [-0.39, 0.29) is 17.9 Å². The zero-order valence-electron chi connectivity index (χ0n) is 13.0. The van der Waals surface area contributed by atoms with Gasteiger partial charge in [-0.2, -0.15) is 0 Å². The van der Waals surface area contributed by atoms with Crippen LogP contribution in [0.2, 0.25) is 0 Å². The van der Waals surface area contributed by atoms with Gasteiger partial charge in [-0.3, -0.25) is 4.79 Å². The molecule has 7 heteroatoms. The number of rotatable bonds is 4. The van der Waals surface area contributed by atoms with Gasteiger partial charge in [-0.15, -0.1) is 5.10 Å². The minimum atomic E-state index is -0.780. The number of nitrogens with one attached hydrogen (secondary N) is 1.